The molecule has 0 bridgehead atoms. The van der Waals surface area contributed by atoms with E-state index in [0.29, 0.717) is 17.6 Å². The van der Waals surface area contributed by atoms with Crippen LogP contribution in [-0.4, -0.2) is 74.0 Å². The number of nitrogens with two attached hydrogens (primary N) is 1. The number of Topliss-reactive ketones (excluding diaryl/α,β-unsaturated/α-hetero) is 1. The van der Waals surface area contributed by atoms with Gasteiger partial charge < -0.3 is 25.6 Å². The molecule has 0 unspecified atom stereocenters. The van der Waals surface area contributed by atoms with Gasteiger partial charge in [0, 0.05) is 19.0 Å². The van der Waals surface area contributed by atoms with E-state index < -0.39 is 0 Å². The summed E-state index contributed by atoms with van der Waals surface area (Å²) in [5, 5.41) is 12.3. The molecule has 1 amide bonds. The van der Waals surface area contributed by atoms with Gasteiger partial charge >= 0.3 is 0 Å². The van der Waals surface area contributed by atoms with Gasteiger partial charge in [0.15, 0.2) is 17.2 Å². The minimum Gasteiger partial charge on any atom is -0.395 e. The fourth-order valence-electron chi connectivity index (χ4n) is 2.35. The fraction of sp³-hybridized carbons (Fsp3) is 0.533. The maximum absolute atomic E-state index is 12.7. The standard InChI is InChI=1S/C15H23N7O3/c1-3-11(24)5-21(4-10(7-23)17-2)12(25)6-22-9-20-13-14(16)18-8-19-15(13)22/h8-10,17,23H,3-7H2,1-2H3,(H2,16,18,19)/t10-/m1/s1. The number of anilines is 1. The third-order valence-electron chi connectivity index (χ3n) is 3.92. The van der Waals surface area contributed by atoms with Crippen molar-refractivity contribution in [1.82, 2.24) is 29.7 Å². The molecule has 4 N–H and O–H groups in total. The predicted octanol–water partition coefficient (Wildman–Crippen LogP) is -1.20. The molecule has 0 spiro atoms. The molecule has 0 aromatic carbocycles. The molecule has 2 heterocycles. The largest absolute Gasteiger partial charge is 0.395 e. The predicted molar refractivity (Wildman–Crippen MR) is 91.5 cm³/mol. The number of hydrogen-bond donors (Lipinski definition) is 3. The van der Waals surface area contributed by atoms with Crippen molar-refractivity contribution >= 4 is 28.7 Å². The second-order valence-corrected chi connectivity index (χ2v) is 5.64. The van der Waals surface area contributed by atoms with Gasteiger partial charge in [-0.1, -0.05) is 6.92 Å². The van der Waals surface area contributed by atoms with Crippen LogP contribution in [0.1, 0.15) is 13.3 Å². The molecule has 2 rings (SSSR count). The van der Waals surface area contributed by atoms with Crippen molar-refractivity contribution in [3.63, 3.8) is 0 Å². The van der Waals surface area contributed by atoms with E-state index in [0.717, 1.165) is 0 Å². The van der Waals surface area contributed by atoms with Gasteiger partial charge in [-0.05, 0) is 7.05 Å². The third-order valence-corrected chi connectivity index (χ3v) is 3.92. The Labute approximate surface area is 145 Å². The van der Waals surface area contributed by atoms with Crippen molar-refractivity contribution in [2.45, 2.75) is 25.9 Å². The normalized spacial score (nSPS) is 12.3. The number of amides is 1. The van der Waals surface area contributed by atoms with E-state index >= 15 is 0 Å². The summed E-state index contributed by atoms with van der Waals surface area (Å²) in [4.78, 5) is 38.0. The number of aliphatic hydroxyl groups excluding tert-OH is 1. The molecule has 136 valence electrons. The Balaban J connectivity index is 2.19. The maximum atomic E-state index is 12.7. The topological polar surface area (TPSA) is 139 Å². The summed E-state index contributed by atoms with van der Waals surface area (Å²) in [6.07, 6.45) is 3.11. The molecule has 2 aromatic heterocycles. The number of ketones is 1. The Bertz CT molecular complexity index is 742. The SMILES string of the molecule is CCC(=O)CN(C[C@H](CO)NC)C(=O)Cn1cnc2c(N)ncnc21. The lowest BCUT2D eigenvalue weighted by molar-refractivity contribution is -0.136. The highest BCUT2D eigenvalue weighted by Gasteiger charge is 2.21. The second kappa shape index (κ2) is 8.49. The number of nitrogens with one attached hydrogen (secondary N) is 1. The van der Waals surface area contributed by atoms with Gasteiger partial charge in [-0.3, -0.25) is 9.59 Å². The maximum Gasteiger partial charge on any atom is 0.243 e. The Morgan fingerprint density at radius 1 is 1.40 bits per heavy atom. The van der Waals surface area contributed by atoms with Crippen LogP contribution >= 0.6 is 0 Å². The highest BCUT2D eigenvalue weighted by molar-refractivity contribution is 5.87. The highest BCUT2D eigenvalue weighted by Crippen LogP contribution is 2.14. The fourth-order valence-corrected chi connectivity index (χ4v) is 2.35. The average Bonchev–Trinajstić information content (AvgIpc) is 3.02. The zero-order valence-corrected chi connectivity index (χ0v) is 14.3. The van der Waals surface area contributed by atoms with Crippen LogP contribution in [0.15, 0.2) is 12.7 Å². The monoisotopic (exact) mass is 349 g/mol. The molecule has 0 saturated carbocycles. The molecule has 2 aromatic rings. The molecule has 0 aliphatic carbocycles. The number of carbonyl (C=O) groups is 2. The Morgan fingerprint density at radius 3 is 2.80 bits per heavy atom. The van der Waals surface area contributed by atoms with Gasteiger partial charge in [0.2, 0.25) is 5.91 Å². The van der Waals surface area contributed by atoms with Crippen LogP contribution in [0.25, 0.3) is 11.2 Å². The van der Waals surface area contributed by atoms with Gasteiger partial charge in [-0.2, -0.15) is 0 Å². The molecule has 10 heteroatoms. The smallest absolute Gasteiger partial charge is 0.243 e. The number of likely N-dealkylation sites (N-methyl/N-ethyl adjacent to an activating group) is 1. The van der Waals surface area contributed by atoms with Gasteiger partial charge in [-0.15, -0.1) is 0 Å². The molecule has 0 aliphatic heterocycles. The molecular weight excluding hydrogens is 326 g/mol. The van der Waals surface area contributed by atoms with Crippen LogP contribution in [0.2, 0.25) is 0 Å². The van der Waals surface area contributed by atoms with Crippen LogP contribution in [0, 0.1) is 0 Å². The van der Waals surface area contributed by atoms with E-state index in [2.05, 4.69) is 20.3 Å². The van der Waals surface area contributed by atoms with E-state index in [1.165, 1.54) is 17.6 Å². The summed E-state index contributed by atoms with van der Waals surface area (Å²) in [5.41, 5.74) is 6.62. The summed E-state index contributed by atoms with van der Waals surface area (Å²) in [7, 11) is 1.69. The van der Waals surface area contributed by atoms with Gasteiger partial charge in [0.05, 0.1) is 19.5 Å². The molecular formula is C15H23N7O3. The van der Waals surface area contributed by atoms with E-state index in [1.54, 1.807) is 18.5 Å². The summed E-state index contributed by atoms with van der Waals surface area (Å²) >= 11 is 0. The first-order valence-corrected chi connectivity index (χ1v) is 7.99. The lowest BCUT2D eigenvalue weighted by atomic mass is 10.2. The number of imidazole rings is 1. The van der Waals surface area contributed by atoms with Gasteiger partial charge in [-0.25, -0.2) is 15.0 Å². The average molecular weight is 349 g/mol. The molecule has 25 heavy (non-hydrogen) atoms. The van der Waals surface area contributed by atoms with Crippen molar-refractivity contribution in [3.8, 4) is 0 Å². The minimum atomic E-state index is -0.314. The van der Waals surface area contributed by atoms with Crippen LogP contribution in [0.4, 0.5) is 5.82 Å². The van der Waals surface area contributed by atoms with Crippen molar-refractivity contribution in [2.24, 2.45) is 0 Å². The van der Waals surface area contributed by atoms with Crippen LogP contribution in [0.3, 0.4) is 0 Å². The van der Waals surface area contributed by atoms with Gasteiger partial charge in [0.1, 0.15) is 18.4 Å². The van der Waals surface area contributed by atoms with Gasteiger partial charge in [0.25, 0.3) is 0 Å². The van der Waals surface area contributed by atoms with Crippen molar-refractivity contribution in [1.29, 1.82) is 0 Å². The van der Waals surface area contributed by atoms with E-state index in [1.807, 2.05) is 0 Å². The molecule has 1 atom stereocenters. The zero-order chi connectivity index (χ0) is 18.4. The lowest BCUT2D eigenvalue weighted by Gasteiger charge is -2.26. The quantitative estimate of drug-likeness (QED) is 0.513. The second-order valence-electron chi connectivity index (χ2n) is 5.64. The van der Waals surface area contributed by atoms with Crippen molar-refractivity contribution in [3.05, 3.63) is 12.7 Å². The molecule has 10 nitrogen and oxygen atoms in total. The van der Waals surface area contributed by atoms with Crippen LogP contribution in [0.5, 0.6) is 0 Å². The van der Waals surface area contributed by atoms with E-state index in [9.17, 15) is 14.7 Å². The molecule has 0 aliphatic rings. The van der Waals surface area contributed by atoms with E-state index in [4.69, 9.17) is 5.73 Å². The number of hydrogen-bond acceptors (Lipinski definition) is 8. The number of nitrogens with zero attached hydrogens (tertiary/aromatic N) is 5. The first-order valence-electron chi connectivity index (χ1n) is 7.99. The first kappa shape index (κ1) is 18.7. The van der Waals surface area contributed by atoms with Crippen LogP contribution < -0.4 is 11.1 Å². The highest BCUT2D eigenvalue weighted by atomic mass is 16.3. The number of fused-ring (bicyclic) bond motifs is 1. The molecule has 0 fully saturated rings. The molecule has 0 saturated heterocycles. The third kappa shape index (κ3) is 4.48. The van der Waals surface area contributed by atoms with Crippen molar-refractivity contribution < 1.29 is 14.7 Å². The first-order chi connectivity index (χ1) is 12.0. The van der Waals surface area contributed by atoms with Crippen molar-refractivity contribution in [2.75, 3.05) is 32.5 Å². The zero-order valence-electron chi connectivity index (χ0n) is 14.3. The summed E-state index contributed by atoms with van der Waals surface area (Å²) in [5.74, 6) is -0.0834. The Kier molecular flexibility index (Phi) is 6.37. The Hall–Kier alpha value is -2.59. The minimum absolute atomic E-state index is 0.00271. The number of nitrogen functional groups attached to an aromatic ring is 1. The number of aromatic nitrogens is 4. The number of aliphatic hydroxyl groups is 1. The van der Waals surface area contributed by atoms with E-state index in [-0.39, 0.29) is 49.8 Å². The number of carbonyl (C=O) groups excluding carboxylic acids is 2. The summed E-state index contributed by atoms with van der Waals surface area (Å²) in [6, 6.07) is -0.314. The number of rotatable bonds is 9. The summed E-state index contributed by atoms with van der Waals surface area (Å²) in [6.45, 7) is 1.79. The summed E-state index contributed by atoms with van der Waals surface area (Å²) < 4.78 is 1.56. The molecule has 0 radical (unpaired) electrons. The lowest BCUT2D eigenvalue weighted by Crippen LogP contribution is -2.47. The van der Waals surface area contributed by atoms with Crippen LogP contribution in [-0.2, 0) is 16.1 Å². The Morgan fingerprint density at radius 2 is 2.16 bits per heavy atom.